The molecule has 2 amide bonds. The van der Waals surface area contributed by atoms with Gasteiger partial charge in [0.1, 0.15) is 0 Å². The number of hydrogen-bond donors (Lipinski definition) is 0. The lowest BCUT2D eigenvalue weighted by Crippen LogP contribution is -2.44. The summed E-state index contributed by atoms with van der Waals surface area (Å²) in [6.45, 7) is 15.7. The molecular weight excluding hydrogens is 306 g/mol. The van der Waals surface area contributed by atoms with Gasteiger partial charge < -0.3 is 4.84 Å². The van der Waals surface area contributed by atoms with Crippen LogP contribution >= 0.6 is 0 Å². The van der Waals surface area contributed by atoms with Gasteiger partial charge in [0, 0.05) is 0 Å². The first-order chi connectivity index (χ1) is 10.8. The standard InChI is InChI=1S/C19H33NO4/c1-9-10-14-13(4)15(21)20(16(14)22)24-17(23)19(8,12(2)3)11-18(5,6)7/h12-14H,9-11H2,1-8H3. The summed E-state index contributed by atoms with van der Waals surface area (Å²) >= 11 is 0. The third-order valence-electron chi connectivity index (χ3n) is 5.12. The Kier molecular flexibility index (Phi) is 6.23. The fourth-order valence-corrected chi connectivity index (χ4v) is 3.41. The fraction of sp³-hybridized carbons (Fsp3) is 0.842. The third kappa shape index (κ3) is 4.17. The van der Waals surface area contributed by atoms with Crippen LogP contribution in [0.25, 0.3) is 0 Å². The quantitative estimate of drug-likeness (QED) is 0.687. The van der Waals surface area contributed by atoms with E-state index in [9.17, 15) is 14.4 Å². The van der Waals surface area contributed by atoms with Crippen LogP contribution < -0.4 is 0 Å². The SMILES string of the molecule is CCCC1C(=O)N(OC(=O)C(C)(CC(C)(C)C)C(C)C)C(=O)C1C. The number of carbonyl (C=O) groups is 3. The van der Waals surface area contributed by atoms with Crippen LogP contribution in [0, 0.1) is 28.6 Å². The molecule has 3 atom stereocenters. The average molecular weight is 339 g/mol. The van der Waals surface area contributed by atoms with Gasteiger partial charge in [-0.05, 0) is 31.1 Å². The zero-order valence-corrected chi connectivity index (χ0v) is 16.4. The molecule has 0 bridgehead atoms. The molecule has 0 aliphatic carbocycles. The maximum atomic E-state index is 12.8. The molecule has 1 aliphatic rings. The molecule has 5 nitrogen and oxygen atoms in total. The molecule has 1 heterocycles. The van der Waals surface area contributed by atoms with Crippen LogP contribution in [0.5, 0.6) is 0 Å². The Balaban J connectivity index is 2.99. The van der Waals surface area contributed by atoms with Crippen LogP contribution in [0.3, 0.4) is 0 Å². The largest absolute Gasteiger partial charge is 0.339 e. The minimum Gasteiger partial charge on any atom is -0.330 e. The second-order valence-corrected chi connectivity index (χ2v) is 8.84. The summed E-state index contributed by atoms with van der Waals surface area (Å²) in [5.41, 5.74) is -0.833. The van der Waals surface area contributed by atoms with E-state index in [-0.39, 0.29) is 23.2 Å². The summed E-state index contributed by atoms with van der Waals surface area (Å²) in [4.78, 5) is 43.0. The van der Waals surface area contributed by atoms with E-state index in [1.54, 1.807) is 6.92 Å². The normalized spacial score (nSPS) is 24.5. The highest BCUT2D eigenvalue weighted by Crippen LogP contribution is 2.41. The van der Waals surface area contributed by atoms with Crippen LogP contribution in [0.1, 0.15) is 74.7 Å². The molecule has 0 aromatic carbocycles. The number of imide groups is 1. The number of amides is 2. The Labute approximate surface area is 146 Å². The molecule has 0 aromatic heterocycles. The van der Waals surface area contributed by atoms with Crippen LogP contribution in [0.15, 0.2) is 0 Å². The van der Waals surface area contributed by atoms with Crippen molar-refractivity contribution >= 4 is 17.8 Å². The zero-order chi connectivity index (χ0) is 18.9. The lowest BCUT2D eigenvalue weighted by atomic mass is 9.69. The van der Waals surface area contributed by atoms with E-state index < -0.39 is 23.2 Å². The lowest BCUT2D eigenvalue weighted by molar-refractivity contribution is -0.208. The smallest absolute Gasteiger partial charge is 0.330 e. The topological polar surface area (TPSA) is 63.7 Å². The molecule has 0 aromatic rings. The maximum Gasteiger partial charge on any atom is 0.339 e. The Morgan fingerprint density at radius 2 is 1.71 bits per heavy atom. The summed E-state index contributed by atoms with van der Waals surface area (Å²) in [5, 5.41) is 0.719. The zero-order valence-electron chi connectivity index (χ0n) is 16.4. The number of rotatable bonds is 6. The van der Waals surface area contributed by atoms with Crippen molar-refractivity contribution in [2.75, 3.05) is 0 Å². The van der Waals surface area contributed by atoms with Crippen LogP contribution in [-0.2, 0) is 19.2 Å². The van der Waals surface area contributed by atoms with E-state index in [1.807, 2.05) is 27.7 Å². The van der Waals surface area contributed by atoms with Gasteiger partial charge in [0.25, 0.3) is 11.8 Å². The van der Waals surface area contributed by atoms with Crippen LogP contribution in [0.2, 0.25) is 0 Å². The van der Waals surface area contributed by atoms with Gasteiger partial charge in [-0.15, -0.1) is 5.06 Å². The van der Waals surface area contributed by atoms with Gasteiger partial charge in [-0.3, -0.25) is 9.59 Å². The van der Waals surface area contributed by atoms with Crippen molar-refractivity contribution in [2.24, 2.45) is 28.6 Å². The predicted octanol–water partition coefficient (Wildman–Crippen LogP) is 3.96. The molecule has 1 saturated heterocycles. The second kappa shape index (κ2) is 7.24. The fourth-order valence-electron chi connectivity index (χ4n) is 3.41. The monoisotopic (exact) mass is 339 g/mol. The Morgan fingerprint density at radius 1 is 1.17 bits per heavy atom. The number of nitrogens with zero attached hydrogens (tertiary/aromatic N) is 1. The predicted molar refractivity (Wildman–Crippen MR) is 92.5 cm³/mol. The summed E-state index contributed by atoms with van der Waals surface area (Å²) in [5.74, 6) is -2.08. The van der Waals surface area contributed by atoms with Crippen molar-refractivity contribution in [3.63, 3.8) is 0 Å². The minimum absolute atomic E-state index is 0.0286. The first-order valence-electron chi connectivity index (χ1n) is 8.95. The first-order valence-corrected chi connectivity index (χ1v) is 8.95. The highest BCUT2D eigenvalue weighted by Gasteiger charge is 2.50. The van der Waals surface area contributed by atoms with Crippen LogP contribution in [-0.4, -0.2) is 22.8 Å². The molecule has 1 fully saturated rings. The van der Waals surface area contributed by atoms with Gasteiger partial charge in [-0.2, -0.15) is 0 Å². The van der Waals surface area contributed by atoms with E-state index >= 15 is 0 Å². The number of carbonyl (C=O) groups excluding carboxylic acids is 3. The summed E-state index contributed by atoms with van der Waals surface area (Å²) in [7, 11) is 0. The maximum absolute atomic E-state index is 12.8. The van der Waals surface area contributed by atoms with Gasteiger partial charge in [-0.1, -0.05) is 54.9 Å². The van der Waals surface area contributed by atoms with Gasteiger partial charge in [0.15, 0.2) is 0 Å². The van der Waals surface area contributed by atoms with Crippen molar-refractivity contribution in [1.29, 1.82) is 0 Å². The van der Waals surface area contributed by atoms with Gasteiger partial charge in [0.2, 0.25) is 0 Å². The van der Waals surface area contributed by atoms with E-state index in [0.29, 0.717) is 12.8 Å². The molecular formula is C19H33NO4. The van der Waals surface area contributed by atoms with Crippen molar-refractivity contribution < 1.29 is 19.2 Å². The molecule has 0 N–H and O–H groups in total. The second-order valence-electron chi connectivity index (χ2n) is 8.84. The summed E-state index contributed by atoms with van der Waals surface area (Å²) in [6.07, 6.45) is 2.05. The van der Waals surface area contributed by atoms with E-state index in [2.05, 4.69) is 20.8 Å². The van der Waals surface area contributed by atoms with E-state index in [0.717, 1.165) is 11.5 Å². The molecule has 138 valence electrons. The first kappa shape index (κ1) is 20.7. The Bertz CT molecular complexity index is 506. The number of hydroxylamine groups is 2. The molecule has 5 heteroatoms. The van der Waals surface area contributed by atoms with Crippen molar-refractivity contribution in [3.8, 4) is 0 Å². The van der Waals surface area contributed by atoms with E-state index in [4.69, 9.17) is 4.84 Å². The molecule has 3 unspecified atom stereocenters. The molecule has 1 rings (SSSR count). The van der Waals surface area contributed by atoms with Gasteiger partial charge >= 0.3 is 5.97 Å². The summed E-state index contributed by atoms with van der Waals surface area (Å²) in [6, 6.07) is 0. The van der Waals surface area contributed by atoms with Crippen molar-refractivity contribution in [2.45, 2.75) is 74.7 Å². The third-order valence-corrected chi connectivity index (χ3v) is 5.12. The highest BCUT2D eigenvalue weighted by atomic mass is 16.7. The molecule has 0 spiro atoms. The van der Waals surface area contributed by atoms with Crippen molar-refractivity contribution in [3.05, 3.63) is 0 Å². The van der Waals surface area contributed by atoms with Gasteiger partial charge in [0.05, 0.1) is 17.3 Å². The van der Waals surface area contributed by atoms with E-state index in [1.165, 1.54) is 0 Å². The lowest BCUT2D eigenvalue weighted by Gasteiger charge is -2.37. The molecule has 0 radical (unpaired) electrons. The van der Waals surface area contributed by atoms with Crippen LogP contribution in [0.4, 0.5) is 0 Å². The number of hydrogen-bond acceptors (Lipinski definition) is 4. The van der Waals surface area contributed by atoms with Gasteiger partial charge in [-0.25, -0.2) is 4.79 Å². The average Bonchev–Trinajstić information content (AvgIpc) is 2.63. The Hall–Kier alpha value is -1.39. The molecule has 0 saturated carbocycles. The molecule has 24 heavy (non-hydrogen) atoms. The summed E-state index contributed by atoms with van der Waals surface area (Å²) < 4.78 is 0. The minimum atomic E-state index is -0.759. The Morgan fingerprint density at radius 3 is 2.12 bits per heavy atom. The van der Waals surface area contributed by atoms with Crippen molar-refractivity contribution in [1.82, 2.24) is 5.06 Å². The molecule has 1 aliphatic heterocycles. The highest BCUT2D eigenvalue weighted by molar-refractivity contribution is 6.04.